The number of benzene rings is 1. The van der Waals surface area contributed by atoms with Crippen molar-refractivity contribution in [1.82, 2.24) is 4.72 Å². The molecule has 5 heteroatoms. The molecule has 0 aliphatic rings. The molecule has 1 atom stereocenters. The molecule has 0 bridgehead atoms. The van der Waals surface area contributed by atoms with Crippen LogP contribution in [0.1, 0.15) is 38.8 Å². The van der Waals surface area contributed by atoms with Crippen molar-refractivity contribution in [3.8, 4) is 5.75 Å². The van der Waals surface area contributed by atoms with Gasteiger partial charge < -0.3 is 4.74 Å². The Labute approximate surface area is 128 Å². The second-order valence-corrected chi connectivity index (χ2v) is 7.39. The molecular weight excluding hydrogens is 286 g/mol. The smallest absolute Gasteiger partial charge is 0.212 e. The topological polar surface area (TPSA) is 55.4 Å². The standard InChI is InChI=1S/C16H25NO3S/c1-5-6-10-21(18,19)17-14(4)15-8-7-9-16(11-15)20-12-13(2)3/h5,7-9,11,13-14,17H,1,6,10,12H2,2-4H3. The first-order valence-corrected chi connectivity index (χ1v) is 8.83. The minimum Gasteiger partial charge on any atom is -0.493 e. The molecule has 0 radical (unpaired) electrons. The first kappa shape index (κ1) is 17.7. The van der Waals surface area contributed by atoms with Crippen molar-refractivity contribution in [3.05, 3.63) is 42.5 Å². The van der Waals surface area contributed by atoms with Crippen LogP contribution in [0.15, 0.2) is 36.9 Å². The number of ether oxygens (including phenoxy) is 1. The lowest BCUT2D eigenvalue weighted by molar-refractivity contribution is 0.270. The summed E-state index contributed by atoms with van der Waals surface area (Å²) in [5, 5.41) is 0. The third-order valence-corrected chi connectivity index (χ3v) is 4.37. The van der Waals surface area contributed by atoms with Gasteiger partial charge in [-0.1, -0.05) is 32.1 Å². The summed E-state index contributed by atoms with van der Waals surface area (Å²) in [6, 6.07) is 7.23. The highest BCUT2D eigenvalue weighted by molar-refractivity contribution is 7.89. The molecular formula is C16H25NO3S. The lowest BCUT2D eigenvalue weighted by atomic mass is 10.1. The van der Waals surface area contributed by atoms with Crippen LogP contribution in [0.2, 0.25) is 0 Å². The van der Waals surface area contributed by atoms with Gasteiger partial charge in [-0.3, -0.25) is 0 Å². The van der Waals surface area contributed by atoms with E-state index in [0.717, 1.165) is 11.3 Å². The summed E-state index contributed by atoms with van der Waals surface area (Å²) in [5.41, 5.74) is 0.887. The number of sulfonamides is 1. The fourth-order valence-electron chi connectivity index (χ4n) is 1.77. The Kier molecular flexibility index (Phi) is 6.92. The summed E-state index contributed by atoms with van der Waals surface area (Å²) >= 11 is 0. The highest BCUT2D eigenvalue weighted by atomic mass is 32.2. The zero-order valence-corrected chi connectivity index (χ0v) is 13.8. The number of hydrogen-bond donors (Lipinski definition) is 1. The van der Waals surface area contributed by atoms with E-state index < -0.39 is 10.0 Å². The molecule has 0 aliphatic heterocycles. The summed E-state index contributed by atoms with van der Waals surface area (Å²) in [7, 11) is -3.29. The van der Waals surface area contributed by atoms with Crippen LogP contribution in [0.4, 0.5) is 0 Å². The average molecular weight is 311 g/mol. The third kappa shape index (κ3) is 6.78. The third-order valence-electron chi connectivity index (χ3n) is 2.89. The van der Waals surface area contributed by atoms with E-state index in [1.165, 1.54) is 0 Å². The fourth-order valence-corrected chi connectivity index (χ4v) is 3.04. The van der Waals surface area contributed by atoms with Crippen molar-refractivity contribution >= 4 is 10.0 Å². The van der Waals surface area contributed by atoms with Gasteiger partial charge in [-0.2, -0.15) is 0 Å². The molecule has 1 rings (SSSR count). The van der Waals surface area contributed by atoms with Gasteiger partial charge in [0.2, 0.25) is 10.0 Å². The predicted molar refractivity (Wildman–Crippen MR) is 86.9 cm³/mol. The molecule has 1 N–H and O–H groups in total. The molecule has 21 heavy (non-hydrogen) atoms. The Hall–Kier alpha value is -1.33. The average Bonchev–Trinajstić information content (AvgIpc) is 2.43. The van der Waals surface area contributed by atoms with Crippen molar-refractivity contribution < 1.29 is 13.2 Å². The highest BCUT2D eigenvalue weighted by Crippen LogP contribution is 2.20. The van der Waals surface area contributed by atoms with Gasteiger partial charge >= 0.3 is 0 Å². The van der Waals surface area contributed by atoms with E-state index >= 15 is 0 Å². The quantitative estimate of drug-likeness (QED) is 0.712. The summed E-state index contributed by atoms with van der Waals surface area (Å²) in [6.45, 7) is 10.2. The molecule has 0 spiro atoms. The van der Waals surface area contributed by atoms with E-state index in [1.54, 1.807) is 6.08 Å². The second-order valence-electron chi connectivity index (χ2n) is 5.51. The van der Waals surface area contributed by atoms with E-state index in [0.29, 0.717) is 18.9 Å². The molecule has 0 saturated carbocycles. The van der Waals surface area contributed by atoms with Crippen molar-refractivity contribution in [1.29, 1.82) is 0 Å². The first-order chi connectivity index (χ1) is 9.84. The summed E-state index contributed by atoms with van der Waals surface area (Å²) in [4.78, 5) is 0. The van der Waals surface area contributed by atoms with Crippen molar-refractivity contribution in [2.24, 2.45) is 5.92 Å². The molecule has 0 amide bonds. The van der Waals surface area contributed by atoms with Gasteiger partial charge in [0.05, 0.1) is 12.4 Å². The first-order valence-electron chi connectivity index (χ1n) is 7.17. The van der Waals surface area contributed by atoms with Crippen LogP contribution in [-0.4, -0.2) is 20.8 Å². The van der Waals surface area contributed by atoms with E-state index in [4.69, 9.17) is 4.74 Å². The molecule has 0 fully saturated rings. The van der Waals surface area contributed by atoms with E-state index in [1.807, 2.05) is 31.2 Å². The van der Waals surface area contributed by atoms with Crippen LogP contribution in [-0.2, 0) is 10.0 Å². The maximum absolute atomic E-state index is 11.9. The molecule has 0 aromatic heterocycles. The molecule has 0 aliphatic carbocycles. The van der Waals surface area contributed by atoms with Crippen LogP contribution >= 0.6 is 0 Å². The van der Waals surface area contributed by atoms with E-state index in [-0.39, 0.29) is 11.8 Å². The maximum Gasteiger partial charge on any atom is 0.212 e. The minimum atomic E-state index is -3.29. The molecule has 4 nitrogen and oxygen atoms in total. The number of rotatable bonds is 9. The summed E-state index contributed by atoms with van der Waals surface area (Å²) in [6.07, 6.45) is 2.05. The van der Waals surface area contributed by atoms with Crippen LogP contribution in [0.3, 0.4) is 0 Å². The van der Waals surface area contributed by atoms with E-state index in [9.17, 15) is 8.42 Å². The maximum atomic E-state index is 11.9. The Morgan fingerprint density at radius 3 is 2.67 bits per heavy atom. The van der Waals surface area contributed by atoms with Crippen molar-refractivity contribution in [2.45, 2.75) is 33.2 Å². The minimum absolute atomic E-state index is 0.0599. The van der Waals surface area contributed by atoms with Gasteiger partial charge in [-0.15, -0.1) is 6.58 Å². The Morgan fingerprint density at radius 2 is 2.05 bits per heavy atom. The highest BCUT2D eigenvalue weighted by Gasteiger charge is 2.15. The predicted octanol–water partition coefficient (Wildman–Crippen LogP) is 3.28. The lowest BCUT2D eigenvalue weighted by Gasteiger charge is -2.16. The largest absolute Gasteiger partial charge is 0.493 e. The Balaban J connectivity index is 2.71. The number of allylic oxidation sites excluding steroid dienone is 1. The SMILES string of the molecule is C=CCCS(=O)(=O)NC(C)c1cccc(OCC(C)C)c1. The zero-order chi connectivity index (χ0) is 15.9. The van der Waals surface area contributed by atoms with Gasteiger partial charge in [0, 0.05) is 6.04 Å². The van der Waals surface area contributed by atoms with Crippen LogP contribution < -0.4 is 9.46 Å². The molecule has 1 aromatic carbocycles. The van der Waals surface area contributed by atoms with E-state index in [2.05, 4.69) is 25.1 Å². The fraction of sp³-hybridized carbons (Fsp3) is 0.500. The summed E-state index contributed by atoms with van der Waals surface area (Å²) in [5.74, 6) is 1.27. The van der Waals surface area contributed by atoms with Gasteiger partial charge in [0.1, 0.15) is 5.75 Å². The van der Waals surface area contributed by atoms with Crippen LogP contribution in [0, 0.1) is 5.92 Å². The molecule has 118 valence electrons. The molecule has 0 saturated heterocycles. The van der Waals surface area contributed by atoms with Gasteiger partial charge in [-0.05, 0) is 37.0 Å². The normalized spacial score (nSPS) is 13.1. The molecule has 1 aromatic rings. The summed E-state index contributed by atoms with van der Waals surface area (Å²) < 4.78 is 32.1. The van der Waals surface area contributed by atoms with Gasteiger partial charge in [-0.25, -0.2) is 13.1 Å². The Morgan fingerprint density at radius 1 is 1.33 bits per heavy atom. The number of nitrogens with one attached hydrogen (secondary N) is 1. The second kappa shape index (κ2) is 8.20. The lowest BCUT2D eigenvalue weighted by Crippen LogP contribution is -2.29. The van der Waals surface area contributed by atoms with Gasteiger partial charge in [0.25, 0.3) is 0 Å². The van der Waals surface area contributed by atoms with Crippen molar-refractivity contribution in [3.63, 3.8) is 0 Å². The zero-order valence-electron chi connectivity index (χ0n) is 13.0. The van der Waals surface area contributed by atoms with Crippen molar-refractivity contribution in [2.75, 3.05) is 12.4 Å². The molecule has 0 heterocycles. The van der Waals surface area contributed by atoms with Crippen LogP contribution in [0.25, 0.3) is 0 Å². The van der Waals surface area contributed by atoms with Gasteiger partial charge in [0.15, 0.2) is 0 Å². The van der Waals surface area contributed by atoms with Crippen LogP contribution in [0.5, 0.6) is 5.75 Å². The number of hydrogen-bond acceptors (Lipinski definition) is 3. The monoisotopic (exact) mass is 311 g/mol. The molecule has 1 unspecified atom stereocenters. The Bertz CT molecular complexity index is 552.